The fraction of sp³-hybridized carbons (Fsp3) is 0.304. The Morgan fingerprint density at radius 2 is 1.49 bits per heavy atom. The third-order valence-corrected chi connectivity index (χ3v) is 12.3. The van der Waals surface area contributed by atoms with Crippen LogP contribution in [0.5, 0.6) is 11.5 Å². The van der Waals surface area contributed by atoms with Gasteiger partial charge in [-0.25, -0.2) is 18.4 Å². The third kappa shape index (κ3) is 8.71. The minimum atomic E-state index is -3.43. The highest BCUT2D eigenvalue weighted by Crippen LogP contribution is 2.40. The standard InChI is InChI=1S/C46H44F2N4O8S/c1-5-6-10-29-18-36-41(20-39(29)57-25-28-17-31(23-49-22-28)61(4,55)56)58-43(50-36)34-13-7-11-32(26(34)2)33-12-8-14-35(27(33)3)44-51-37-19-30(24-52-16-9-15-38(52)45(53)54)40(60-46(47)48)21-42(37)59-44/h7-8,11-14,17-23,38,46H,5-6,9-10,15-16,24-25H2,1-4H3,(H,53,54)/t38-/m0/s1. The fourth-order valence-electron chi connectivity index (χ4n) is 7.99. The smallest absolute Gasteiger partial charge is 0.387 e. The monoisotopic (exact) mass is 850 g/mol. The number of aryl methyl sites for hydroxylation is 1. The number of hydrogen-bond acceptors (Lipinski definition) is 11. The number of likely N-dealkylation sites (tertiary alicyclic amines) is 1. The number of nitrogens with zero attached hydrogens (tertiary/aromatic N) is 4. The molecule has 7 aromatic rings. The number of ether oxygens (including phenoxy) is 2. The van der Waals surface area contributed by atoms with Crippen molar-refractivity contribution >= 4 is 38.0 Å². The molecule has 0 unspecified atom stereocenters. The first-order chi connectivity index (χ1) is 29.3. The predicted octanol–water partition coefficient (Wildman–Crippen LogP) is 9.96. The minimum absolute atomic E-state index is 0.0888. The van der Waals surface area contributed by atoms with Crippen molar-refractivity contribution in [3.05, 3.63) is 107 Å². The van der Waals surface area contributed by atoms with E-state index in [4.69, 9.17) is 28.3 Å². The van der Waals surface area contributed by atoms with E-state index >= 15 is 0 Å². The van der Waals surface area contributed by atoms with Crippen LogP contribution in [0.1, 0.15) is 60.4 Å². The number of carboxylic acids is 1. The lowest BCUT2D eigenvalue weighted by atomic mass is 9.91. The number of alkyl halides is 2. The highest BCUT2D eigenvalue weighted by Gasteiger charge is 2.31. The molecule has 0 radical (unpaired) electrons. The van der Waals surface area contributed by atoms with Gasteiger partial charge in [-0.1, -0.05) is 37.6 Å². The van der Waals surface area contributed by atoms with Gasteiger partial charge in [0, 0.05) is 59.6 Å². The van der Waals surface area contributed by atoms with E-state index in [1.165, 1.54) is 12.3 Å². The first kappa shape index (κ1) is 41.5. The van der Waals surface area contributed by atoms with Gasteiger partial charge in [0.2, 0.25) is 11.8 Å². The molecule has 0 bridgehead atoms. The number of hydrogen-bond donors (Lipinski definition) is 1. The van der Waals surface area contributed by atoms with Crippen LogP contribution in [0.25, 0.3) is 56.2 Å². The summed E-state index contributed by atoms with van der Waals surface area (Å²) in [6.45, 7) is 3.76. The number of fused-ring (bicyclic) bond motifs is 2. The highest BCUT2D eigenvalue weighted by atomic mass is 32.2. The van der Waals surface area contributed by atoms with Gasteiger partial charge in [0.15, 0.2) is 21.0 Å². The number of unbranched alkanes of at least 4 members (excludes halogenated alkanes) is 1. The number of oxazole rings is 2. The number of rotatable bonds is 15. The second kappa shape index (κ2) is 17.1. The molecule has 4 heterocycles. The highest BCUT2D eigenvalue weighted by molar-refractivity contribution is 7.90. The van der Waals surface area contributed by atoms with Crippen molar-refractivity contribution in [1.82, 2.24) is 19.9 Å². The lowest BCUT2D eigenvalue weighted by molar-refractivity contribution is -0.142. The Bertz CT molecular complexity index is 2890. The number of sulfone groups is 1. The Labute approximate surface area is 351 Å². The summed E-state index contributed by atoms with van der Waals surface area (Å²) in [5.41, 5.74) is 9.04. The van der Waals surface area contributed by atoms with Crippen molar-refractivity contribution in [2.45, 2.75) is 83.6 Å². The molecule has 0 amide bonds. The minimum Gasteiger partial charge on any atom is -0.488 e. The van der Waals surface area contributed by atoms with Gasteiger partial charge in [-0.15, -0.1) is 0 Å². The van der Waals surface area contributed by atoms with Crippen molar-refractivity contribution < 1.29 is 45.4 Å². The van der Waals surface area contributed by atoms with Gasteiger partial charge in [0.05, 0.1) is 4.90 Å². The quantitative estimate of drug-likeness (QED) is 0.104. The van der Waals surface area contributed by atoms with Crippen LogP contribution in [0.2, 0.25) is 0 Å². The summed E-state index contributed by atoms with van der Waals surface area (Å²) in [4.78, 5) is 27.5. The molecule has 0 aliphatic carbocycles. The molecule has 8 rings (SSSR count). The summed E-state index contributed by atoms with van der Waals surface area (Å²) in [6.07, 6.45) is 7.89. The summed E-state index contributed by atoms with van der Waals surface area (Å²) >= 11 is 0. The maximum Gasteiger partial charge on any atom is 0.387 e. The van der Waals surface area contributed by atoms with Gasteiger partial charge in [0.25, 0.3) is 0 Å². The van der Waals surface area contributed by atoms with E-state index in [1.54, 1.807) is 23.2 Å². The molecular weight excluding hydrogens is 807 g/mol. The Morgan fingerprint density at radius 1 is 0.885 bits per heavy atom. The number of carbonyl (C=O) groups is 1. The number of carboxylic acid groups (broad SMARTS) is 1. The molecule has 12 nitrogen and oxygen atoms in total. The van der Waals surface area contributed by atoms with E-state index in [1.807, 2.05) is 62.4 Å². The van der Waals surface area contributed by atoms with Crippen molar-refractivity contribution in [2.75, 3.05) is 12.8 Å². The van der Waals surface area contributed by atoms with Crippen LogP contribution in [-0.4, -0.2) is 64.8 Å². The molecule has 1 N–H and O–H groups in total. The first-order valence-corrected chi connectivity index (χ1v) is 21.9. The Balaban J connectivity index is 1.10. The third-order valence-electron chi connectivity index (χ3n) is 11.2. The SMILES string of the molecule is CCCCc1cc2nc(-c3cccc(-c4cccc(-c5nc6cc(CN7CCC[C@H]7C(=O)O)c(OC(F)F)cc6o5)c4C)c3C)oc2cc1OCc1cncc(S(C)(=O)=O)c1. The second-order valence-corrected chi connectivity index (χ2v) is 17.4. The second-order valence-electron chi connectivity index (χ2n) is 15.4. The number of pyridine rings is 1. The van der Waals surface area contributed by atoms with E-state index < -0.39 is 28.5 Å². The first-order valence-electron chi connectivity index (χ1n) is 20.0. The van der Waals surface area contributed by atoms with E-state index in [9.17, 15) is 27.1 Å². The molecule has 1 atom stereocenters. The maximum absolute atomic E-state index is 13.6. The number of aromatic nitrogens is 3. The average molecular weight is 851 g/mol. The van der Waals surface area contributed by atoms with Gasteiger partial charge in [-0.2, -0.15) is 8.78 Å². The van der Waals surface area contributed by atoms with Crippen molar-refractivity contribution in [3.63, 3.8) is 0 Å². The van der Waals surface area contributed by atoms with E-state index in [-0.39, 0.29) is 29.4 Å². The molecule has 316 valence electrons. The molecule has 3 aromatic heterocycles. The number of aliphatic carboxylic acids is 1. The van der Waals surface area contributed by atoms with Gasteiger partial charge in [-0.05, 0) is 104 Å². The average Bonchev–Trinajstić information content (AvgIpc) is 3.97. The summed E-state index contributed by atoms with van der Waals surface area (Å²) in [6, 6.07) is 19.4. The Kier molecular flexibility index (Phi) is 11.6. The van der Waals surface area contributed by atoms with Crippen LogP contribution in [0, 0.1) is 13.8 Å². The Morgan fingerprint density at radius 3 is 2.08 bits per heavy atom. The zero-order valence-electron chi connectivity index (χ0n) is 34.1. The number of halogens is 2. The molecule has 0 spiro atoms. The van der Waals surface area contributed by atoms with Crippen molar-refractivity contribution in [1.29, 1.82) is 0 Å². The zero-order valence-corrected chi connectivity index (χ0v) is 34.9. The molecule has 0 saturated carbocycles. The lowest BCUT2D eigenvalue weighted by Gasteiger charge is -2.22. The normalized spacial score (nSPS) is 14.7. The topological polar surface area (TPSA) is 158 Å². The van der Waals surface area contributed by atoms with Crippen molar-refractivity contribution in [3.8, 4) is 45.5 Å². The molecule has 1 aliphatic rings. The van der Waals surface area contributed by atoms with Crippen LogP contribution in [0.4, 0.5) is 8.78 Å². The fourth-order valence-corrected chi connectivity index (χ4v) is 8.61. The molecule has 61 heavy (non-hydrogen) atoms. The van der Waals surface area contributed by atoms with Crippen LogP contribution < -0.4 is 9.47 Å². The summed E-state index contributed by atoms with van der Waals surface area (Å²) < 4.78 is 75.1. The molecule has 4 aromatic carbocycles. The Hall–Kier alpha value is -6.19. The van der Waals surface area contributed by atoms with Crippen molar-refractivity contribution in [2.24, 2.45) is 0 Å². The molecule has 1 saturated heterocycles. The van der Waals surface area contributed by atoms with Gasteiger partial charge >= 0.3 is 12.6 Å². The van der Waals surface area contributed by atoms with E-state index in [0.29, 0.717) is 70.2 Å². The van der Waals surface area contributed by atoms with Gasteiger partial charge in [-0.3, -0.25) is 14.7 Å². The van der Waals surface area contributed by atoms with Gasteiger partial charge in [0.1, 0.15) is 35.2 Å². The molecule has 1 fully saturated rings. The summed E-state index contributed by atoms with van der Waals surface area (Å²) in [7, 11) is -3.43. The van der Waals surface area contributed by atoms with Crippen LogP contribution in [0.15, 0.2) is 92.9 Å². The van der Waals surface area contributed by atoms with Crippen LogP contribution in [-0.2, 0) is 34.2 Å². The summed E-state index contributed by atoms with van der Waals surface area (Å²) in [5, 5.41) is 9.69. The molecule has 15 heteroatoms. The van der Waals surface area contributed by atoms with Gasteiger partial charge < -0.3 is 23.4 Å². The summed E-state index contributed by atoms with van der Waals surface area (Å²) in [5.74, 6) is 0.315. The van der Waals surface area contributed by atoms with E-state index in [0.717, 1.165) is 58.9 Å². The predicted molar refractivity (Wildman–Crippen MR) is 225 cm³/mol. The largest absolute Gasteiger partial charge is 0.488 e. The number of benzene rings is 4. The zero-order chi connectivity index (χ0) is 43.0. The maximum atomic E-state index is 13.6. The molecule has 1 aliphatic heterocycles. The lowest BCUT2D eigenvalue weighted by Crippen LogP contribution is -2.35. The molecular formula is C46H44F2N4O8S. The van der Waals surface area contributed by atoms with Crippen LogP contribution in [0.3, 0.4) is 0 Å². The van der Waals surface area contributed by atoms with Crippen LogP contribution >= 0.6 is 0 Å². The van der Waals surface area contributed by atoms with E-state index in [2.05, 4.69) is 11.9 Å².